The Morgan fingerprint density at radius 3 is 2.23 bits per heavy atom. The molecule has 0 aromatic heterocycles. The lowest BCUT2D eigenvalue weighted by Gasteiger charge is -2.48. The molecule has 0 aliphatic carbocycles. The van der Waals surface area contributed by atoms with E-state index in [2.05, 4.69) is 4.99 Å². The molecule has 0 N–H and O–H groups in total. The summed E-state index contributed by atoms with van der Waals surface area (Å²) in [7, 11) is 0. The smallest absolute Gasteiger partial charge is 0.356 e. The first-order chi connectivity index (χ1) is 18.9. The summed E-state index contributed by atoms with van der Waals surface area (Å²) in [6, 6.07) is 25.3. The summed E-state index contributed by atoms with van der Waals surface area (Å²) >= 11 is 7.43. The monoisotopic (exact) mass is 560 g/mol. The number of thioether (sulfide) groups is 1. The second kappa shape index (κ2) is 11.9. The minimum atomic E-state index is -0.689. The van der Waals surface area contributed by atoms with Crippen LogP contribution < -0.4 is 0 Å². The number of hydrogen-bond acceptors (Lipinski definition) is 7. The Balaban J connectivity index is 1.43. The molecule has 0 bridgehead atoms. The molecule has 2 heterocycles. The maximum Gasteiger partial charge on any atom is 0.356 e. The first-order valence-electron chi connectivity index (χ1n) is 12.3. The number of carbonyl (C=O) groups is 3. The largest absolute Gasteiger partial charge is 0.461 e. The lowest BCUT2D eigenvalue weighted by atomic mass is 10.0. The van der Waals surface area contributed by atoms with Gasteiger partial charge >= 0.3 is 11.9 Å². The minimum absolute atomic E-state index is 0.108. The Hall–Kier alpha value is -3.88. The highest BCUT2D eigenvalue weighted by Gasteiger charge is 2.54. The summed E-state index contributed by atoms with van der Waals surface area (Å²) in [5, 5.41) is 0.232. The quantitative estimate of drug-likeness (QED) is 0.214. The van der Waals surface area contributed by atoms with Crippen molar-refractivity contribution < 1.29 is 23.9 Å². The number of nitrogens with zero attached hydrogens (tertiary/aromatic N) is 2. The zero-order valence-electron chi connectivity index (χ0n) is 21.0. The molecule has 3 aromatic carbocycles. The molecule has 0 radical (unpaired) electrons. The van der Waals surface area contributed by atoms with Gasteiger partial charge in [0.25, 0.3) is 5.91 Å². The Kier molecular flexibility index (Phi) is 8.14. The first-order valence-corrected chi connectivity index (χ1v) is 13.7. The van der Waals surface area contributed by atoms with Crippen LogP contribution in [0, 0.1) is 0 Å². The van der Waals surface area contributed by atoms with Crippen molar-refractivity contribution in [2.24, 2.45) is 4.99 Å². The predicted molar refractivity (Wildman–Crippen MR) is 150 cm³/mol. The van der Waals surface area contributed by atoms with Crippen LogP contribution in [-0.4, -0.2) is 52.7 Å². The number of fused-ring (bicyclic) bond motifs is 1. The maximum absolute atomic E-state index is 13.8. The van der Waals surface area contributed by atoms with Gasteiger partial charge in [0.2, 0.25) is 0 Å². The molecule has 1 saturated heterocycles. The van der Waals surface area contributed by atoms with Gasteiger partial charge in [-0.3, -0.25) is 19.5 Å². The number of aliphatic imine (C=N–C) groups is 1. The number of β-lactam (4-membered cyclic amide) rings is 1. The summed E-state index contributed by atoms with van der Waals surface area (Å²) in [4.78, 5) is 44.6. The second-order valence-corrected chi connectivity index (χ2v) is 10.6. The number of halogens is 1. The normalized spacial score (nSPS) is 18.6. The zero-order chi connectivity index (χ0) is 27.4. The molecule has 5 rings (SSSR count). The molecule has 0 spiro atoms. The van der Waals surface area contributed by atoms with Gasteiger partial charge in [0.15, 0.2) is 12.1 Å². The molecule has 1 fully saturated rings. The van der Waals surface area contributed by atoms with Crippen LogP contribution in [0.3, 0.4) is 0 Å². The third kappa shape index (κ3) is 5.92. The molecule has 2 aliphatic heterocycles. The predicted octanol–water partition coefficient (Wildman–Crippen LogP) is 5.19. The Labute approximate surface area is 235 Å². The third-order valence-electron chi connectivity index (χ3n) is 6.35. The van der Waals surface area contributed by atoms with Gasteiger partial charge < -0.3 is 9.47 Å². The Bertz CT molecular complexity index is 1390. The molecular formula is C30H25ClN2O5S. The van der Waals surface area contributed by atoms with E-state index in [-0.39, 0.29) is 23.6 Å². The molecular weight excluding hydrogens is 536 g/mol. The van der Waals surface area contributed by atoms with Crippen LogP contribution >= 0.6 is 23.4 Å². The zero-order valence-corrected chi connectivity index (χ0v) is 22.6. The van der Waals surface area contributed by atoms with Crippen LogP contribution in [0.5, 0.6) is 0 Å². The first kappa shape index (κ1) is 26.7. The number of amides is 1. The van der Waals surface area contributed by atoms with E-state index in [0.29, 0.717) is 16.3 Å². The van der Waals surface area contributed by atoms with Crippen molar-refractivity contribution in [1.29, 1.82) is 0 Å². The third-order valence-corrected chi connectivity index (χ3v) is 7.92. The molecule has 9 heteroatoms. The molecule has 2 aliphatic rings. The van der Waals surface area contributed by atoms with Gasteiger partial charge in [-0.2, -0.15) is 0 Å². The number of hydrogen-bond donors (Lipinski definition) is 0. The highest BCUT2D eigenvalue weighted by Crippen LogP contribution is 2.43. The number of benzene rings is 3. The molecule has 39 heavy (non-hydrogen) atoms. The van der Waals surface area contributed by atoms with E-state index in [1.165, 1.54) is 23.6 Å². The molecule has 0 unspecified atom stereocenters. The summed E-state index contributed by atoms with van der Waals surface area (Å²) < 4.78 is 11.3. The van der Waals surface area contributed by atoms with Crippen LogP contribution in [0.2, 0.25) is 5.02 Å². The van der Waals surface area contributed by atoms with Gasteiger partial charge in [0, 0.05) is 29.5 Å². The van der Waals surface area contributed by atoms with Crippen molar-refractivity contribution in [3.05, 3.63) is 118 Å². The van der Waals surface area contributed by atoms with Crippen molar-refractivity contribution in [3.63, 3.8) is 0 Å². The van der Waals surface area contributed by atoms with E-state index >= 15 is 0 Å². The SMILES string of the molecule is CC(=O)OCC1=C(C(=O)OC(c2ccccc2)c2ccccc2)N2C(=O)[C@@H](N=Cc3ccc(Cl)cc3)[C@H]2SC1. The van der Waals surface area contributed by atoms with Crippen LogP contribution in [-0.2, 0) is 23.9 Å². The van der Waals surface area contributed by atoms with E-state index in [1.807, 2.05) is 72.8 Å². The van der Waals surface area contributed by atoms with E-state index in [9.17, 15) is 14.4 Å². The fraction of sp³-hybridized carbons (Fsp3) is 0.200. The Morgan fingerprint density at radius 2 is 1.64 bits per heavy atom. The van der Waals surface area contributed by atoms with Crippen LogP contribution in [0.25, 0.3) is 0 Å². The highest BCUT2D eigenvalue weighted by atomic mass is 35.5. The standard InChI is InChI=1S/C30H25ClN2O5S/c1-19(34)37-17-23-18-39-29-25(32-16-20-12-14-24(31)15-13-20)28(35)33(29)26(23)30(36)38-27(21-8-4-2-5-9-21)22-10-6-3-7-11-22/h2-16,25,27,29H,17-18H2,1H3/t25-,29-/m1/s1. The number of rotatable bonds is 8. The lowest BCUT2D eigenvalue weighted by molar-refractivity contribution is -0.153. The summed E-state index contributed by atoms with van der Waals surface area (Å²) in [6.07, 6.45) is 0.943. The molecule has 2 atom stereocenters. The molecule has 3 aromatic rings. The molecule has 1 amide bonds. The molecule has 0 saturated carbocycles. The average molecular weight is 561 g/mol. The van der Waals surface area contributed by atoms with Gasteiger partial charge in [-0.25, -0.2) is 4.79 Å². The van der Waals surface area contributed by atoms with Crippen molar-refractivity contribution in [2.45, 2.75) is 24.4 Å². The van der Waals surface area contributed by atoms with Gasteiger partial charge in [-0.1, -0.05) is 84.4 Å². The summed E-state index contributed by atoms with van der Waals surface area (Å²) in [5.41, 5.74) is 3.03. The summed E-state index contributed by atoms with van der Waals surface area (Å²) in [5.74, 6) is -1.07. The topological polar surface area (TPSA) is 85.3 Å². The van der Waals surface area contributed by atoms with E-state index < -0.39 is 24.1 Å². The number of carbonyl (C=O) groups excluding carboxylic acids is 3. The van der Waals surface area contributed by atoms with Crippen molar-refractivity contribution >= 4 is 47.4 Å². The van der Waals surface area contributed by atoms with Crippen LogP contribution in [0.15, 0.2) is 101 Å². The number of ether oxygens (including phenoxy) is 2. The van der Waals surface area contributed by atoms with Crippen molar-refractivity contribution in [3.8, 4) is 0 Å². The van der Waals surface area contributed by atoms with Crippen LogP contribution in [0.1, 0.15) is 29.7 Å². The van der Waals surface area contributed by atoms with Crippen LogP contribution in [0.4, 0.5) is 0 Å². The molecule has 7 nitrogen and oxygen atoms in total. The average Bonchev–Trinajstić information content (AvgIpc) is 2.96. The van der Waals surface area contributed by atoms with E-state index in [4.69, 9.17) is 21.1 Å². The van der Waals surface area contributed by atoms with E-state index in [0.717, 1.165) is 16.7 Å². The second-order valence-electron chi connectivity index (χ2n) is 9.02. The van der Waals surface area contributed by atoms with Crippen molar-refractivity contribution in [1.82, 2.24) is 4.90 Å². The fourth-order valence-electron chi connectivity index (χ4n) is 4.42. The van der Waals surface area contributed by atoms with Gasteiger partial charge in [0.1, 0.15) is 17.7 Å². The Morgan fingerprint density at radius 1 is 1.03 bits per heavy atom. The minimum Gasteiger partial charge on any atom is -0.461 e. The fourth-order valence-corrected chi connectivity index (χ4v) is 5.86. The summed E-state index contributed by atoms with van der Waals surface area (Å²) in [6.45, 7) is 1.19. The van der Waals surface area contributed by atoms with Crippen molar-refractivity contribution in [2.75, 3.05) is 12.4 Å². The van der Waals surface area contributed by atoms with Gasteiger partial charge in [0.05, 0.1) is 0 Å². The van der Waals surface area contributed by atoms with E-state index in [1.54, 1.807) is 18.3 Å². The lowest BCUT2D eigenvalue weighted by Crippen LogP contribution is -2.64. The maximum atomic E-state index is 13.8. The number of esters is 2. The molecule has 198 valence electrons. The van der Waals surface area contributed by atoms with Gasteiger partial charge in [-0.05, 0) is 28.8 Å². The van der Waals surface area contributed by atoms with Gasteiger partial charge in [-0.15, -0.1) is 11.8 Å². The highest BCUT2D eigenvalue weighted by molar-refractivity contribution is 8.00.